The molecule has 3 aromatic rings. The van der Waals surface area contributed by atoms with E-state index in [1.807, 2.05) is 72.8 Å². The van der Waals surface area contributed by atoms with Crippen molar-refractivity contribution in [3.05, 3.63) is 94.0 Å². The fourth-order valence-corrected chi connectivity index (χ4v) is 4.26. The summed E-state index contributed by atoms with van der Waals surface area (Å²) in [7, 11) is 0. The van der Waals surface area contributed by atoms with Crippen LogP contribution in [0.4, 0.5) is 0 Å². The van der Waals surface area contributed by atoms with Crippen molar-refractivity contribution in [2.45, 2.75) is 18.4 Å². The van der Waals surface area contributed by atoms with Crippen molar-refractivity contribution in [2.24, 2.45) is 5.73 Å². The highest BCUT2D eigenvalue weighted by atomic mass is 79.9. The smallest absolute Gasteiger partial charge is 0.240 e. The Balaban J connectivity index is 1.62. The number of hydrogen-bond acceptors (Lipinski definition) is 2. The van der Waals surface area contributed by atoms with Crippen molar-refractivity contribution >= 4 is 27.7 Å². The maximum atomic E-state index is 13.2. The normalized spacial score (nSPS) is 13.5. The SMILES string of the molecule is NC(=O)[C@H](Cc1cccc(Br)c1)NC(=O)C1c2ccccc2-c2ccccc21. The van der Waals surface area contributed by atoms with E-state index in [9.17, 15) is 9.59 Å². The summed E-state index contributed by atoms with van der Waals surface area (Å²) < 4.78 is 0.915. The lowest BCUT2D eigenvalue weighted by Gasteiger charge is -2.20. The second-order valence-corrected chi connectivity index (χ2v) is 7.82. The first-order valence-corrected chi connectivity index (χ1v) is 9.86. The molecule has 0 heterocycles. The zero-order valence-electron chi connectivity index (χ0n) is 15.1. The molecule has 1 atom stereocenters. The Morgan fingerprint density at radius 2 is 1.54 bits per heavy atom. The standard InChI is InChI=1S/C23H19BrN2O2/c24-15-7-5-6-14(12-15)13-20(22(25)27)26-23(28)21-18-10-3-1-8-16(18)17-9-2-4-11-19(17)21/h1-12,20-21H,13H2,(H2,25,27)(H,26,28)/t20-/m0/s1. The first kappa shape index (κ1) is 18.4. The number of fused-ring (bicyclic) bond motifs is 3. The summed E-state index contributed by atoms with van der Waals surface area (Å²) >= 11 is 3.43. The van der Waals surface area contributed by atoms with E-state index in [1.165, 1.54) is 0 Å². The molecule has 3 N–H and O–H groups in total. The number of hydrogen-bond donors (Lipinski definition) is 2. The number of rotatable bonds is 5. The third kappa shape index (κ3) is 3.45. The average molecular weight is 435 g/mol. The molecule has 4 nitrogen and oxygen atoms in total. The Kier molecular flexibility index (Phi) is 5.01. The number of carbonyl (C=O) groups is 2. The second-order valence-electron chi connectivity index (χ2n) is 6.91. The van der Waals surface area contributed by atoms with Gasteiger partial charge in [-0.1, -0.05) is 76.6 Å². The lowest BCUT2D eigenvalue weighted by atomic mass is 9.95. The van der Waals surface area contributed by atoms with Gasteiger partial charge in [0.2, 0.25) is 11.8 Å². The molecule has 0 unspecified atom stereocenters. The first-order chi connectivity index (χ1) is 13.5. The minimum atomic E-state index is -0.776. The predicted molar refractivity (Wildman–Crippen MR) is 113 cm³/mol. The number of carbonyl (C=O) groups excluding carboxylic acids is 2. The fraction of sp³-hybridized carbons (Fsp3) is 0.130. The van der Waals surface area contributed by atoms with E-state index in [4.69, 9.17) is 5.73 Å². The van der Waals surface area contributed by atoms with Crippen molar-refractivity contribution in [1.29, 1.82) is 0 Å². The van der Waals surface area contributed by atoms with Crippen LogP contribution >= 0.6 is 15.9 Å². The minimum Gasteiger partial charge on any atom is -0.368 e. The summed E-state index contributed by atoms with van der Waals surface area (Å²) in [4.78, 5) is 25.2. The summed E-state index contributed by atoms with van der Waals surface area (Å²) in [5, 5.41) is 2.88. The van der Waals surface area contributed by atoms with Crippen molar-refractivity contribution < 1.29 is 9.59 Å². The molecule has 0 saturated heterocycles. The van der Waals surface area contributed by atoms with Crippen molar-refractivity contribution in [1.82, 2.24) is 5.32 Å². The molecule has 2 amide bonds. The Morgan fingerprint density at radius 3 is 2.11 bits per heavy atom. The zero-order chi connectivity index (χ0) is 19.7. The van der Waals surface area contributed by atoms with Gasteiger partial charge in [-0.25, -0.2) is 0 Å². The Hall–Kier alpha value is -2.92. The maximum Gasteiger partial charge on any atom is 0.240 e. The summed E-state index contributed by atoms with van der Waals surface area (Å²) in [5.74, 6) is -1.21. The molecule has 0 spiro atoms. The van der Waals surface area contributed by atoms with E-state index in [0.29, 0.717) is 6.42 Å². The van der Waals surface area contributed by atoms with Gasteiger partial charge in [-0.15, -0.1) is 0 Å². The Morgan fingerprint density at radius 1 is 0.929 bits per heavy atom. The maximum absolute atomic E-state index is 13.2. The molecule has 0 fully saturated rings. The summed E-state index contributed by atoms with van der Waals surface area (Å²) in [6.07, 6.45) is 0.344. The van der Waals surface area contributed by atoms with E-state index < -0.39 is 17.9 Å². The molecule has 28 heavy (non-hydrogen) atoms. The van der Waals surface area contributed by atoms with Crippen LogP contribution in [0.3, 0.4) is 0 Å². The van der Waals surface area contributed by atoms with Crippen LogP contribution in [0.15, 0.2) is 77.3 Å². The van der Waals surface area contributed by atoms with Gasteiger partial charge in [-0.05, 0) is 39.9 Å². The largest absolute Gasteiger partial charge is 0.368 e. The van der Waals surface area contributed by atoms with Crippen LogP contribution in [-0.2, 0) is 16.0 Å². The molecule has 0 saturated carbocycles. The molecule has 0 aliphatic heterocycles. The molecule has 0 radical (unpaired) electrons. The molecule has 5 heteroatoms. The van der Waals surface area contributed by atoms with Gasteiger partial charge < -0.3 is 11.1 Å². The Bertz CT molecular complexity index is 1020. The van der Waals surface area contributed by atoms with E-state index in [-0.39, 0.29) is 5.91 Å². The van der Waals surface area contributed by atoms with Gasteiger partial charge in [0.15, 0.2) is 0 Å². The van der Waals surface area contributed by atoms with Crippen LogP contribution in [0.25, 0.3) is 11.1 Å². The van der Waals surface area contributed by atoms with E-state index in [0.717, 1.165) is 32.3 Å². The molecule has 1 aliphatic rings. The molecule has 140 valence electrons. The quantitative estimate of drug-likeness (QED) is 0.641. The fourth-order valence-electron chi connectivity index (χ4n) is 3.82. The number of amides is 2. The van der Waals surface area contributed by atoms with Gasteiger partial charge in [0.25, 0.3) is 0 Å². The summed E-state index contributed by atoms with van der Waals surface area (Å²) in [6, 6.07) is 22.6. The van der Waals surface area contributed by atoms with Crippen LogP contribution in [0, 0.1) is 0 Å². The third-order valence-electron chi connectivity index (χ3n) is 5.08. The lowest BCUT2D eigenvalue weighted by Crippen LogP contribution is -2.47. The number of primary amides is 1. The molecular weight excluding hydrogens is 416 g/mol. The summed E-state index contributed by atoms with van der Waals surface area (Å²) in [5.41, 5.74) is 10.5. The van der Waals surface area contributed by atoms with Crippen LogP contribution in [0.2, 0.25) is 0 Å². The summed E-state index contributed by atoms with van der Waals surface area (Å²) in [6.45, 7) is 0. The number of halogens is 1. The van der Waals surface area contributed by atoms with E-state index in [1.54, 1.807) is 0 Å². The van der Waals surface area contributed by atoms with Gasteiger partial charge in [0.05, 0.1) is 5.92 Å². The number of benzene rings is 3. The minimum absolute atomic E-state index is 0.212. The topological polar surface area (TPSA) is 72.2 Å². The zero-order valence-corrected chi connectivity index (χ0v) is 16.6. The lowest BCUT2D eigenvalue weighted by molar-refractivity contribution is -0.127. The van der Waals surface area contributed by atoms with Gasteiger partial charge in [-0.2, -0.15) is 0 Å². The van der Waals surface area contributed by atoms with Crippen LogP contribution < -0.4 is 11.1 Å². The molecular formula is C23H19BrN2O2. The van der Waals surface area contributed by atoms with Gasteiger partial charge in [0, 0.05) is 10.9 Å². The highest BCUT2D eigenvalue weighted by molar-refractivity contribution is 9.10. The highest BCUT2D eigenvalue weighted by Crippen LogP contribution is 2.44. The molecule has 0 bridgehead atoms. The van der Waals surface area contributed by atoms with Crippen molar-refractivity contribution in [3.8, 4) is 11.1 Å². The van der Waals surface area contributed by atoms with E-state index in [2.05, 4.69) is 21.2 Å². The monoisotopic (exact) mass is 434 g/mol. The number of nitrogens with one attached hydrogen (secondary N) is 1. The first-order valence-electron chi connectivity index (χ1n) is 9.07. The molecule has 0 aromatic heterocycles. The molecule has 4 rings (SSSR count). The van der Waals surface area contributed by atoms with E-state index >= 15 is 0 Å². The third-order valence-corrected chi connectivity index (χ3v) is 5.58. The number of nitrogens with two attached hydrogens (primary N) is 1. The second kappa shape index (κ2) is 7.60. The van der Waals surface area contributed by atoms with Gasteiger partial charge in [-0.3, -0.25) is 9.59 Å². The molecule has 3 aromatic carbocycles. The Labute approximate surface area is 171 Å². The van der Waals surface area contributed by atoms with Crippen molar-refractivity contribution in [3.63, 3.8) is 0 Å². The van der Waals surface area contributed by atoms with Crippen molar-refractivity contribution in [2.75, 3.05) is 0 Å². The predicted octanol–water partition coefficient (Wildman–Crippen LogP) is 3.77. The highest BCUT2D eigenvalue weighted by Gasteiger charge is 2.34. The van der Waals surface area contributed by atoms with Gasteiger partial charge in [0.1, 0.15) is 6.04 Å². The average Bonchev–Trinajstić information content (AvgIpc) is 3.02. The van der Waals surface area contributed by atoms with Crippen LogP contribution in [-0.4, -0.2) is 17.9 Å². The van der Waals surface area contributed by atoms with Crippen LogP contribution in [0.1, 0.15) is 22.6 Å². The molecule has 1 aliphatic carbocycles. The van der Waals surface area contributed by atoms with Gasteiger partial charge >= 0.3 is 0 Å². The van der Waals surface area contributed by atoms with Crippen LogP contribution in [0.5, 0.6) is 0 Å².